The fraction of sp³-hybridized carbons (Fsp3) is 0.226. The van der Waals surface area contributed by atoms with Crippen molar-refractivity contribution in [2.24, 2.45) is 4.99 Å². The van der Waals surface area contributed by atoms with Gasteiger partial charge in [0.2, 0.25) is 0 Å². The van der Waals surface area contributed by atoms with Gasteiger partial charge in [0, 0.05) is 54.8 Å². The minimum atomic E-state index is -1.25. The number of aliphatic imine (C=N–C) groups is 1. The number of hydrogen-bond acceptors (Lipinski definition) is 8. The SMILES string of the molecule is CS(=O)c1ccccc1Cn1c2c(cc(Oc3ccccc3)c1=O)C=NC(Nc1ccc(N3CCNCC3)c(F)c1)N2. The van der Waals surface area contributed by atoms with Crippen LogP contribution in [0.3, 0.4) is 0 Å². The Morgan fingerprint density at radius 3 is 2.57 bits per heavy atom. The second-order valence-corrected chi connectivity index (χ2v) is 11.4. The van der Waals surface area contributed by atoms with Crippen molar-refractivity contribution >= 4 is 34.2 Å². The predicted molar refractivity (Wildman–Crippen MR) is 165 cm³/mol. The van der Waals surface area contributed by atoms with Gasteiger partial charge < -0.3 is 25.6 Å². The van der Waals surface area contributed by atoms with E-state index in [1.165, 1.54) is 6.07 Å². The third-order valence-electron chi connectivity index (χ3n) is 7.21. The molecule has 2 atom stereocenters. The summed E-state index contributed by atoms with van der Waals surface area (Å²) in [7, 11) is -1.25. The number of halogens is 1. The molecule has 1 saturated heterocycles. The summed E-state index contributed by atoms with van der Waals surface area (Å²) >= 11 is 0. The normalized spacial score (nSPS) is 16.8. The zero-order valence-corrected chi connectivity index (χ0v) is 23.9. The summed E-state index contributed by atoms with van der Waals surface area (Å²) < 4.78 is 35.1. The van der Waals surface area contributed by atoms with Crippen molar-refractivity contribution < 1.29 is 13.3 Å². The van der Waals surface area contributed by atoms with Crippen LogP contribution in [0.25, 0.3) is 0 Å². The molecule has 3 N–H and O–H groups in total. The van der Waals surface area contributed by atoms with Crippen molar-refractivity contribution in [2.45, 2.75) is 17.7 Å². The number of ether oxygens (including phenoxy) is 1. The molecule has 1 fully saturated rings. The number of piperazine rings is 1. The molecule has 9 nitrogen and oxygen atoms in total. The van der Waals surface area contributed by atoms with E-state index in [0.717, 1.165) is 31.7 Å². The third-order valence-corrected chi connectivity index (χ3v) is 8.23. The average Bonchev–Trinajstić information content (AvgIpc) is 3.00. The number of rotatable bonds is 8. The van der Waals surface area contributed by atoms with Crippen molar-refractivity contribution in [3.05, 3.63) is 106 Å². The minimum Gasteiger partial charge on any atom is -0.452 e. The summed E-state index contributed by atoms with van der Waals surface area (Å²) in [5, 5.41) is 9.78. The average molecular weight is 587 g/mol. The number of para-hydroxylation sites is 1. The van der Waals surface area contributed by atoms with Crippen molar-refractivity contribution in [2.75, 3.05) is 48.0 Å². The number of benzene rings is 3. The molecule has 0 spiro atoms. The Bertz CT molecular complexity index is 1710. The minimum absolute atomic E-state index is 0.139. The molecule has 0 bridgehead atoms. The molecule has 3 heterocycles. The number of nitrogens with one attached hydrogen (secondary N) is 3. The zero-order valence-electron chi connectivity index (χ0n) is 23.0. The number of fused-ring (bicyclic) bond motifs is 1. The van der Waals surface area contributed by atoms with Gasteiger partial charge in [-0.15, -0.1) is 0 Å². The van der Waals surface area contributed by atoms with Gasteiger partial charge in [-0.05, 0) is 48.0 Å². The van der Waals surface area contributed by atoms with Gasteiger partial charge in [0.05, 0.1) is 23.0 Å². The number of hydrogen-bond donors (Lipinski definition) is 3. The number of pyridine rings is 1. The lowest BCUT2D eigenvalue weighted by atomic mass is 10.2. The van der Waals surface area contributed by atoms with Crippen LogP contribution in [0.1, 0.15) is 11.1 Å². The van der Waals surface area contributed by atoms with Gasteiger partial charge in [0.1, 0.15) is 17.4 Å². The lowest BCUT2D eigenvalue weighted by Gasteiger charge is -2.30. The molecular weight excluding hydrogens is 555 g/mol. The maximum Gasteiger partial charge on any atom is 0.295 e. The van der Waals surface area contributed by atoms with Gasteiger partial charge >= 0.3 is 0 Å². The van der Waals surface area contributed by atoms with Crippen LogP contribution >= 0.6 is 0 Å². The molecule has 42 heavy (non-hydrogen) atoms. The Hall–Kier alpha value is -4.48. The monoisotopic (exact) mass is 586 g/mol. The van der Waals surface area contributed by atoms with E-state index in [0.29, 0.717) is 33.4 Å². The highest BCUT2D eigenvalue weighted by molar-refractivity contribution is 7.84. The van der Waals surface area contributed by atoms with E-state index in [4.69, 9.17) is 4.74 Å². The third kappa shape index (κ3) is 5.93. The summed E-state index contributed by atoms with van der Waals surface area (Å²) in [4.78, 5) is 21.1. The van der Waals surface area contributed by atoms with Crippen LogP contribution in [-0.4, -0.2) is 53.7 Å². The molecule has 1 aromatic heterocycles. The van der Waals surface area contributed by atoms with Crippen LogP contribution < -0.4 is 31.1 Å². The van der Waals surface area contributed by atoms with Crippen molar-refractivity contribution in [1.29, 1.82) is 0 Å². The van der Waals surface area contributed by atoms with Crippen LogP contribution in [0.5, 0.6) is 11.5 Å². The molecule has 2 aliphatic heterocycles. The van der Waals surface area contributed by atoms with Crippen LogP contribution in [-0.2, 0) is 17.3 Å². The molecule has 0 aliphatic carbocycles. The molecular formula is C31H31FN6O3S. The van der Waals surface area contributed by atoms with Gasteiger partial charge in [-0.25, -0.2) is 9.38 Å². The van der Waals surface area contributed by atoms with E-state index in [1.54, 1.807) is 47.4 Å². The van der Waals surface area contributed by atoms with Crippen LogP contribution in [0.2, 0.25) is 0 Å². The first kappa shape index (κ1) is 27.7. The second-order valence-electron chi connectivity index (χ2n) is 10.1. The first-order chi connectivity index (χ1) is 20.5. The molecule has 216 valence electrons. The van der Waals surface area contributed by atoms with Gasteiger partial charge in [-0.1, -0.05) is 36.4 Å². The Morgan fingerprint density at radius 1 is 1.05 bits per heavy atom. The molecule has 2 unspecified atom stereocenters. The lowest BCUT2D eigenvalue weighted by molar-refractivity contribution is 0.467. The van der Waals surface area contributed by atoms with E-state index >= 15 is 4.39 Å². The van der Waals surface area contributed by atoms with Crippen LogP contribution in [0.15, 0.2) is 93.5 Å². The molecule has 6 rings (SSSR count). The lowest BCUT2D eigenvalue weighted by Crippen LogP contribution is -2.43. The van der Waals surface area contributed by atoms with E-state index < -0.39 is 17.1 Å². The fourth-order valence-corrected chi connectivity index (χ4v) is 5.93. The van der Waals surface area contributed by atoms with Gasteiger partial charge in [-0.2, -0.15) is 0 Å². The highest BCUT2D eigenvalue weighted by atomic mass is 32.2. The van der Waals surface area contributed by atoms with E-state index in [9.17, 15) is 9.00 Å². The van der Waals surface area contributed by atoms with Gasteiger partial charge in [0.15, 0.2) is 12.0 Å². The highest BCUT2D eigenvalue weighted by Crippen LogP contribution is 2.28. The van der Waals surface area contributed by atoms with Gasteiger partial charge in [-0.3, -0.25) is 13.6 Å². The molecule has 3 aromatic carbocycles. The predicted octanol–water partition coefficient (Wildman–Crippen LogP) is 4.22. The quantitative estimate of drug-likeness (QED) is 0.284. The Labute approximate surface area is 245 Å². The number of anilines is 3. The number of aromatic nitrogens is 1. The summed E-state index contributed by atoms with van der Waals surface area (Å²) in [6.45, 7) is 3.29. The summed E-state index contributed by atoms with van der Waals surface area (Å²) in [6.07, 6.45) is 2.61. The molecule has 0 saturated carbocycles. The summed E-state index contributed by atoms with van der Waals surface area (Å²) in [6, 6.07) is 23.1. The summed E-state index contributed by atoms with van der Waals surface area (Å²) in [5.41, 5.74) is 2.16. The Morgan fingerprint density at radius 2 is 1.81 bits per heavy atom. The molecule has 2 aliphatic rings. The fourth-order valence-electron chi connectivity index (χ4n) is 5.16. The standard InChI is InChI=1S/C31H31FN6O3S/c1-42(40)28-10-6-5-7-21(28)20-38-29-22(17-27(30(38)39)41-24-8-3-2-4-9-24)19-34-31(36-29)35-23-11-12-26(25(32)18-23)37-15-13-33-14-16-37/h2-12,17-19,31,33,35-36H,13-16,20H2,1H3. The first-order valence-corrected chi connectivity index (χ1v) is 15.3. The van der Waals surface area contributed by atoms with Crippen molar-refractivity contribution in [3.63, 3.8) is 0 Å². The van der Waals surface area contributed by atoms with E-state index in [1.807, 2.05) is 47.4 Å². The maximum absolute atomic E-state index is 15.1. The smallest absolute Gasteiger partial charge is 0.295 e. The topological polar surface area (TPSA) is 100.0 Å². The second kappa shape index (κ2) is 12.2. The Kier molecular flexibility index (Phi) is 8.02. The number of nitrogens with zero attached hydrogens (tertiary/aromatic N) is 3. The van der Waals surface area contributed by atoms with Crippen LogP contribution in [0.4, 0.5) is 21.6 Å². The van der Waals surface area contributed by atoms with Crippen molar-refractivity contribution in [1.82, 2.24) is 9.88 Å². The van der Waals surface area contributed by atoms with Gasteiger partial charge in [0.25, 0.3) is 5.56 Å². The zero-order chi connectivity index (χ0) is 29.1. The van der Waals surface area contributed by atoms with Crippen molar-refractivity contribution in [3.8, 4) is 11.5 Å². The Balaban J connectivity index is 1.32. The maximum atomic E-state index is 15.1. The molecule has 0 radical (unpaired) electrons. The molecule has 11 heteroatoms. The van der Waals surface area contributed by atoms with E-state index in [-0.39, 0.29) is 23.7 Å². The largest absolute Gasteiger partial charge is 0.452 e. The van der Waals surface area contributed by atoms with E-state index in [2.05, 4.69) is 20.9 Å². The summed E-state index contributed by atoms with van der Waals surface area (Å²) in [5.74, 6) is 0.872. The van der Waals surface area contributed by atoms with Crippen LogP contribution in [0, 0.1) is 5.82 Å². The highest BCUT2D eigenvalue weighted by Gasteiger charge is 2.23. The first-order valence-electron chi connectivity index (χ1n) is 13.7. The molecule has 0 amide bonds. The molecule has 4 aromatic rings.